The zero-order chi connectivity index (χ0) is 15.9. The second kappa shape index (κ2) is 8.15. The number of carbonyl (C=O) groups is 1. The second-order valence-electron chi connectivity index (χ2n) is 5.13. The third-order valence-electron chi connectivity index (χ3n) is 3.18. The van der Waals surface area contributed by atoms with Crippen LogP contribution in [0.1, 0.15) is 36.6 Å². The Bertz CT molecular complexity index is 642. The number of aryl methyl sites for hydroxylation is 1. The first-order chi connectivity index (χ1) is 10.6. The van der Waals surface area contributed by atoms with Crippen molar-refractivity contribution in [2.45, 2.75) is 39.7 Å². The van der Waals surface area contributed by atoms with Crippen molar-refractivity contribution in [2.75, 3.05) is 10.6 Å². The molecule has 2 N–H and O–H groups in total. The molecule has 1 amide bonds. The number of amides is 1. The summed E-state index contributed by atoms with van der Waals surface area (Å²) in [5.41, 5.74) is 2.85. The van der Waals surface area contributed by atoms with Gasteiger partial charge in [0.05, 0.1) is 17.9 Å². The Hall–Kier alpha value is -1.59. The van der Waals surface area contributed by atoms with Crippen molar-refractivity contribution in [2.24, 2.45) is 0 Å². The zero-order valence-electron chi connectivity index (χ0n) is 12.8. The van der Waals surface area contributed by atoms with Gasteiger partial charge in [0.15, 0.2) is 4.47 Å². The Kier molecular flexibility index (Phi) is 6.21. The molecule has 0 aliphatic rings. The Labute approximate surface area is 139 Å². The van der Waals surface area contributed by atoms with Gasteiger partial charge < -0.3 is 10.6 Å². The van der Waals surface area contributed by atoms with Gasteiger partial charge in [0.2, 0.25) is 5.91 Å². The first kappa shape index (κ1) is 16.8. The van der Waals surface area contributed by atoms with Crippen LogP contribution in [0.4, 0.5) is 11.4 Å². The van der Waals surface area contributed by atoms with Gasteiger partial charge in [-0.1, -0.05) is 31.0 Å². The second-order valence-corrected chi connectivity index (χ2v) is 6.83. The molecule has 22 heavy (non-hydrogen) atoms. The van der Waals surface area contributed by atoms with Crippen LogP contribution in [-0.4, -0.2) is 10.9 Å². The fraction of sp³-hybridized carbons (Fsp3) is 0.375. The maximum absolute atomic E-state index is 11.9. The van der Waals surface area contributed by atoms with Gasteiger partial charge in [0, 0.05) is 17.5 Å². The smallest absolute Gasteiger partial charge is 0.224 e. The summed E-state index contributed by atoms with van der Waals surface area (Å²) in [5, 5.41) is 6.32. The SMILES string of the molecule is CCCCC(=O)Nc1ccc(C)cc1NCc1cnc(Cl)s1. The average molecular weight is 338 g/mol. The molecule has 1 aromatic heterocycles. The summed E-state index contributed by atoms with van der Waals surface area (Å²) < 4.78 is 0.536. The number of benzene rings is 1. The highest BCUT2D eigenvalue weighted by Gasteiger charge is 2.08. The van der Waals surface area contributed by atoms with Crippen LogP contribution < -0.4 is 10.6 Å². The predicted molar refractivity (Wildman–Crippen MR) is 93.8 cm³/mol. The summed E-state index contributed by atoms with van der Waals surface area (Å²) in [4.78, 5) is 17.0. The highest BCUT2D eigenvalue weighted by Crippen LogP contribution is 2.25. The molecule has 0 saturated carbocycles. The van der Waals surface area contributed by atoms with Crippen LogP contribution in [0.25, 0.3) is 0 Å². The van der Waals surface area contributed by atoms with Gasteiger partial charge in [-0.15, -0.1) is 11.3 Å². The first-order valence-electron chi connectivity index (χ1n) is 7.33. The molecule has 118 valence electrons. The van der Waals surface area contributed by atoms with E-state index in [1.165, 1.54) is 11.3 Å². The maximum Gasteiger partial charge on any atom is 0.224 e. The van der Waals surface area contributed by atoms with Gasteiger partial charge in [-0.25, -0.2) is 4.98 Å². The van der Waals surface area contributed by atoms with Gasteiger partial charge in [-0.05, 0) is 31.0 Å². The molecule has 0 fully saturated rings. The summed E-state index contributed by atoms with van der Waals surface area (Å²) in [5.74, 6) is 0.0505. The van der Waals surface area contributed by atoms with E-state index < -0.39 is 0 Å². The lowest BCUT2D eigenvalue weighted by atomic mass is 10.1. The Morgan fingerprint density at radius 1 is 1.36 bits per heavy atom. The molecule has 2 rings (SSSR count). The number of aromatic nitrogens is 1. The lowest BCUT2D eigenvalue weighted by Gasteiger charge is -2.13. The lowest BCUT2D eigenvalue weighted by Crippen LogP contribution is -2.13. The van der Waals surface area contributed by atoms with Crippen LogP contribution in [-0.2, 0) is 11.3 Å². The molecule has 0 aliphatic carbocycles. The van der Waals surface area contributed by atoms with E-state index in [0.29, 0.717) is 17.4 Å². The minimum atomic E-state index is 0.0505. The molecule has 0 saturated heterocycles. The van der Waals surface area contributed by atoms with Crippen LogP contribution in [0.15, 0.2) is 24.4 Å². The van der Waals surface area contributed by atoms with Crippen LogP contribution in [0, 0.1) is 6.92 Å². The minimum Gasteiger partial charge on any atom is -0.378 e. The standard InChI is InChI=1S/C16H20ClN3OS/c1-3-4-5-15(21)20-13-7-6-11(2)8-14(13)18-9-12-10-19-16(17)22-12/h6-8,10,18H,3-5,9H2,1-2H3,(H,20,21). The van der Waals surface area contributed by atoms with Crippen LogP contribution >= 0.6 is 22.9 Å². The van der Waals surface area contributed by atoms with Gasteiger partial charge in [0.1, 0.15) is 0 Å². The van der Waals surface area contributed by atoms with Crippen molar-refractivity contribution in [1.82, 2.24) is 4.98 Å². The minimum absolute atomic E-state index is 0.0505. The van der Waals surface area contributed by atoms with Gasteiger partial charge >= 0.3 is 0 Å². The van der Waals surface area contributed by atoms with Crippen molar-refractivity contribution in [3.05, 3.63) is 39.3 Å². The van der Waals surface area contributed by atoms with Crippen LogP contribution in [0.3, 0.4) is 0 Å². The number of thiazole rings is 1. The number of nitrogens with one attached hydrogen (secondary N) is 2. The molecule has 0 spiro atoms. The van der Waals surface area contributed by atoms with Crippen molar-refractivity contribution in [3.8, 4) is 0 Å². The fourth-order valence-electron chi connectivity index (χ4n) is 2.01. The number of nitrogens with zero attached hydrogens (tertiary/aromatic N) is 1. The molecule has 1 heterocycles. The van der Waals surface area contributed by atoms with E-state index in [1.807, 2.05) is 25.1 Å². The van der Waals surface area contributed by atoms with Crippen LogP contribution in [0.2, 0.25) is 4.47 Å². The van der Waals surface area contributed by atoms with Crippen molar-refractivity contribution in [1.29, 1.82) is 0 Å². The average Bonchev–Trinajstić information content (AvgIpc) is 2.91. The van der Waals surface area contributed by atoms with E-state index in [4.69, 9.17) is 11.6 Å². The quantitative estimate of drug-likeness (QED) is 0.759. The molecule has 0 radical (unpaired) electrons. The zero-order valence-corrected chi connectivity index (χ0v) is 14.4. The number of hydrogen-bond acceptors (Lipinski definition) is 4. The monoisotopic (exact) mass is 337 g/mol. The predicted octanol–water partition coefficient (Wildman–Crippen LogP) is 4.85. The number of carbonyl (C=O) groups excluding carboxylic acids is 1. The van der Waals surface area contributed by atoms with E-state index in [1.54, 1.807) is 6.20 Å². The maximum atomic E-state index is 11.9. The summed E-state index contributed by atoms with van der Waals surface area (Å²) in [6.07, 6.45) is 4.22. The third-order valence-corrected chi connectivity index (χ3v) is 4.30. The highest BCUT2D eigenvalue weighted by molar-refractivity contribution is 7.15. The summed E-state index contributed by atoms with van der Waals surface area (Å²) >= 11 is 7.29. The number of hydrogen-bond donors (Lipinski definition) is 2. The van der Waals surface area contributed by atoms with Crippen LogP contribution in [0.5, 0.6) is 0 Å². The van der Waals surface area contributed by atoms with E-state index in [9.17, 15) is 4.79 Å². The molecule has 0 unspecified atom stereocenters. The molecule has 0 bridgehead atoms. The van der Waals surface area contributed by atoms with Crippen molar-refractivity contribution < 1.29 is 4.79 Å². The Morgan fingerprint density at radius 3 is 2.86 bits per heavy atom. The summed E-state index contributed by atoms with van der Waals surface area (Å²) in [6, 6.07) is 5.95. The normalized spacial score (nSPS) is 10.5. The van der Waals surface area contributed by atoms with Gasteiger partial charge in [0.25, 0.3) is 0 Å². The van der Waals surface area contributed by atoms with E-state index >= 15 is 0 Å². The topological polar surface area (TPSA) is 54.0 Å². The first-order valence-corrected chi connectivity index (χ1v) is 8.52. The molecule has 0 atom stereocenters. The largest absolute Gasteiger partial charge is 0.378 e. The molecule has 2 aromatic rings. The summed E-state index contributed by atoms with van der Waals surface area (Å²) in [6.45, 7) is 4.73. The fourth-order valence-corrected chi connectivity index (χ4v) is 2.93. The number of rotatable bonds is 7. The van der Waals surface area contributed by atoms with Gasteiger partial charge in [-0.3, -0.25) is 4.79 Å². The van der Waals surface area contributed by atoms with Crippen molar-refractivity contribution in [3.63, 3.8) is 0 Å². The molecule has 1 aromatic carbocycles. The molecule has 0 aliphatic heterocycles. The number of halogens is 1. The highest BCUT2D eigenvalue weighted by atomic mass is 35.5. The number of unbranched alkanes of at least 4 members (excludes halogenated alkanes) is 1. The molecule has 6 heteroatoms. The summed E-state index contributed by atoms with van der Waals surface area (Å²) in [7, 11) is 0. The molecular formula is C16H20ClN3OS. The van der Waals surface area contributed by atoms with Gasteiger partial charge in [-0.2, -0.15) is 0 Å². The molecular weight excluding hydrogens is 318 g/mol. The third kappa shape index (κ3) is 5.00. The van der Waals surface area contributed by atoms with E-state index in [-0.39, 0.29) is 5.91 Å². The molecule has 4 nitrogen and oxygen atoms in total. The lowest BCUT2D eigenvalue weighted by molar-refractivity contribution is -0.116. The Balaban J connectivity index is 2.05. The Morgan fingerprint density at radius 2 is 2.18 bits per heavy atom. The number of anilines is 2. The van der Waals surface area contributed by atoms with Crippen molar-refractivity contribution >= 4 is 40.2 Å². The van der Waals surface area contributed by atoms with E-state index in [2.05, 4.69) is 22.5 Å². The van der Waals surface area contributed by atoms with E-state index in [0.717, 1.165) is 34.7 Å².